The van der Waals surface area contributed by atoms with Crippen molar-refractivity contribution in [2.45, 2.75) is 32.4 Å². The lowest BCUT2D eigenvalue weighted by Gasteiger charge is -2.37. The third-order valence-corrected chi connectivity index (χ3v) is 6.64. The van der Waals surface area contributed by atoms with Crippen LogP contribution in [0.5, 0.6) is 0 Å². The summed E-state index contributed by atoms with van der Waals surface area (Å²) in [7, 11) is 2.14. The third kappa shape index (κ3) is 4.14. The van der Waals surface area contributed by atoms with Crippen LogP contribution in [0.4, 0.5) is 10.2 Å². The van der Waals surface area contributed by atoms with Gasteiger partial charge < -0.3 is 9.88 Å². The molecule has 0 amide bonds. The Kier molecular flexibility index (Phi) is 5.68. The van der Waals surface area contributed by atoms with E-state index in [2.05, 4.69) is 32.0 Å². The molecule has 1 aliphatic rings. The van der Waals surface area contributed by atoms with E-state index in [1.807, 2.05) is 37.3 Å². The molecule has 1 fully saturated rings. The van der Waals surface area contributed by atoms with Gasteiger partial charge in [-0.15, -0.1) is 10.2 Å². The van der Waals surface area contributed by atoms with E-state index >= 15 is 0 Å². The Hall–Kier alpha value is -3.52. The largest absolute Gasteiger partial charge is 0.354 e. The van der Waals surface area contributed by atoms with E-state index in [1.165, 1.54) is 10.6 Å². The molecule has 3 heterocycles. The van der Waals surface area contributed by atoms with Gasteiger partial charge in [-0.1, -0.05) is 30.3 Å². The highest BCUT2D eigenvalue weighted by Crippen LogP contribution is 2.30. The molecule has 0 spiro atoms. The number of piperidine rings is 1. The molecule has 33 heavy (non-hydrogen) atoms. The molecular formula is C25H27FN6O. The minimum absolute atomic E-state index is 0.187. The van der Waals surface area contributed by atoms with Gasteiger partial charge in [-0.2, -0.15) is 0 Å². The quantitative estimate of drug-likeness (QED) is 0.507. The second-order valence-corrected chi connectivity index (χ2v) is 8.73. The van der Waals surface area contributed by atoms with Crippen LogP contribution >= 0.6 is 0 Å². The molecule has 0 saturated carbocycles. The van der Waals surface area contributed by atoms with E-state index in [1.54, 1.807) is 18.5 Å². The highest BCUT2D eigenvalue weighted by Gasteiger charge is 2.25. The Morgan fingerprint density at radius 3 is 2.45 bits per heavy atom. The molecule has 2 aromatic heterocycles. The standard InChI is InChI=1S/C25H27FN6O/c1-17-15-19(26)8-7-18(17)16-30(2)20-9-12-31(13-10-20)23-21-5-3-4-6-22(21)24(29-28-23)32-14-11-27-25(32)33/h3-8,11,14-15,20H,9-10,12-13,16H2,1-2H3,(H,27,33). The first-order valence-electron chi connectivity index (χ1n) is 11.2. The van der Waals surface area contributed by atoms with Crippen molar-refractivity contribution in [1.82, 2.24) is 24.6 Å². The van der Waals surface area contributed by atoms with E-state index in [0.717, 1.165) is 60.2 Å². The fourth-order valence-corrected chi connectivity index (χ4v) is 4.73. The number of nitrogens with zero attached hydrogens (tertiary/aromatic N) is 5. The Balaban J connectivity index is 1.33. The lowest BCUT2D eigenvalue weighted by molar-refractivity contribution is 0.200. The van der Waals surface area contributed by atoms with Crippen molar-refractivity contribution in [1.29, 1.82) is 0 Å². The second kappa shape index (κ2) is 8.78. The molecule has 2 aromatic carbocycles. The summed E-state index contributed by atoms with van der Waals surface area (Å²) < 4.78 is 14.9. The Bertz CT molecular complexity index is 1340. The van der Waals surface area contributed by atoms with Crippen molar-refractivity contribution in [3.05, 3.63) is 82.3 Å². The molecule has 4 aromatic rings. The first-order chi connectivity index (χ1) is 16.0. The van der Waals surface area contributed by atoms with Crippen molar-refractivity contribution >= 4 is 16.6 Å². The summed E-state index contributed by atoms with van der Waals surface area (Å²) in [6.07, 6.45) is 5.28. The SMILES string of the molecule is Cc1cc(F)ccc1CN(C)C1CCN(c2nnc(-n3cc[nH]c3=O)c3ccccc23)CC1. The van der Waals surface area contributed by atoms with Crippen molar-refractivity contribution < 1.29 is 4.39 Å². The van der Waals surface area contributed by atoms with Crippen molar-refractivity contribution in [2.75, 3.05) is 25.0 Å². The first kappa shape index (κ1) is 21.3. The van der Waals surface area contributed by atoms with Crippen LogP contribution in [0.3, 0.4) is 0 Å². The Labute approximate surface area is 191 Å². The molecule has 1 aliphatic heterocycles. The van der Waals surface area contributed by atoms with Crippen LogP contribution in [0.2, 0.25) is 0 Å². The Morgan fingerprint density at radius 2 is 1.79 bits per heavy atom. The highest BCUT2D eigenvalue weighted by molar-refractivity contribution is 5.96. The summed E-state index contributed by atoms with van der Waals surface area (Å²) >= 11 is 0. The molecule has 0 radical (unpaired) electrons. The maximum Gasteiger partial charge on any atom is 0.331 e. The number of imidazole rings is 1. The molecule has 8 heteroatoms. The Morgan fingerprint density at radius 1 is 1.09 bits per heavy atom. The average molecular weight is 447 g/mol. The lowest BCUT2D eigenvalue weighted by atomic mass is 10.0. The summed E-state index contributed by atoms with van der Waals surface area (Å²) in [5.41, 5.74) is 1.92. The highest BCUT2D eigenvalue weighted by atomic mass is 19.1. The van der Waals surface area contributed by atoms with E-state index < -0.39 is 0 Å². The maximum atomic E-state index is 13.4. The molecule has 1 N–H and O–H groups in total. The summed E-state index contributed by atoms with van der Waals surface area (Å²) in [6.45, 7) is 4.52. The molecule has 0 bridgehead atoms. The van der Waals surface area contributed by atoms with Crippen LogP contribution in [-0.4, -0.2) is 50.8 Å². The summed E-state index contributed by atoms with van der Waals surface area (Å²) in [5.74, 6) is 1.20. The van der Waals surface area contributed by atoms with Gasteiger partial charge >= 0.3 is 5.69 Å². The molecule has 0 atom stereocenters. The molecule has 7 nitrogen and oxygen atoms in total. The first-order valence-corrected chi connectivity index (χ1v) is 11.2. The normalized spacial score (nSPS) is 15.0. The second-order valence-electron chi connectivity index (χ2n) is 8.73. The van der Waals surface area contributed by atoms with Crippen molar-refractivity contribution in [2.24, 2.45) is 0 Å². The fraction of sp³-hybridized carbons (Fsp3) is 0.320. The van der Waals surface area contributed by atoms with Crippen molar-refractivity contribution in [3.63, 3.8) is 0 Å². The van der Waals surface area contributed by atoms with Crippen LogP contribution < -0.4 is 10.6 Å². The van der Waals surface area contributed by atoms with Gasteiger partial charge in [-0.25, -0.2) is 13.8 Å². The molecule has 0 unspecified atom stereocenters. The number of H-pyrrole nitrogens is 1. The van der Waals surface area contributed by atoms with Gasteiger partial charge in [0.25, 0.3) is 0 Å². The number of halogens is 1. The zero-order chi connectivity index (χ0) is 22.9. The number of benzene rings is 2. The topological polar surface area (TPSA) is 70.1 Å². The zero-order valence-electron chi connectivity index (χ0n) is 18.8. The molecule has 170 valence electrons. The van der Waals surface area contributed by atoms with Gasteiger partial charge in [0.1, 0.15) is 5.82 Å². The zero-order valence-corrected chi connectivity index (χ0v) is 18.8. The smallest absolute Gasteiger partial charge is 0.331 e. The van der Waals surface area contributed by atoms with Gasteiger partial charge in [0.05, 0.1) is 0 Å². The molecular weight excluding hydrogens is 419 g/mol. The number of nitrogens with one attached hydrogen (secondary N) is 1. The minimum Gasteiger partial charge on any atom is -0.354 e. The minimum atomic E-state index is -0.234. The van der Waals surface area contributed by atoms with E-state index in [0.29, 0.717) is 11.9 Å². The van der Waals surface area contributed by atoms with Crippen LogP contribution in [0.25, 0.3) is 16.6 Å². The monoisotopic (exact) mass is 446 g/mol. The number of hydrogen-bond acceptors (Lipinski definition) is 5. The van der Waals surface area contributed by atoms with Gasteiger partial charge in [-0.05, 0) is 50.1 Å². The number of aromatic amines is 1. The van der Waals surface area contributed by atoms with Crippen LogP contribution in [-0.2, 0) is 6.54 Å². The number of aromatic nitrogens is 4. The lowest BCUT2D eigenvalue weighted by Crippen LogP contribution is -2.43. The maximum absolute atomic E-state index is 13.4. The molecule has 5 rings (SSSR count). The van der Waals surface area contributed by atoms with Gasteiger partial charge in [-0.3, -0.25) is 4.90 Å². The van der Waals surface area contributed by atoms with E-state index in [-0.39, 0.29) is 11.5 Å². The van der Waals surface area contributed by atoms with E-state index in [4.69, 9.17) is 0 Å². The summed E-state index contributed by atoms with van der Waals surface area (Å²) in [6, 6.07) is 13.4. The predicted molar refractivity (Wildman–Crippen MR) is 127 cm³/mol. The molecule has 0 aliphatic carbocycles. The van der Waals surface area contributed by atoms with Gasteiger partial charge in [0.2, 0.25) is 0 Å². The molecule has 1 saturated heterocycles. The number of hydrogen-bond donors (Lipinski definition) is 1. The van der Waals surface area contributed by atoms with E-state index in [9.17, 15) is 9.18 Å². The van der Waals surface area contributed by atoms with Gasteiger partial charge in [0.15, 0.2) is 11.6 Å². The third-order valence-electron chi connectivity index (χ3n) is 6.64. The number of rotatable bonds is 5. The summed E-state index contributed by atoms with van der Waals surface area (Å²) in [5, 5.41) is 10.8. The number of anilines is 1. The van der Waals surface area contributed by atoms with Gasteiger partial charge in [0, 0.05) is 48.8 Å². The number of aryl methyl sites for hydroxylation is 1. The summed E-state index contributed by atoms with van der Waals surface area (Å²) in [4.78, 5) is 19.4. The average Bonchev–Trinajstić information content (AvgIpc) is 3.26. The van der Waals surface area contributed by atoms with Crippen molar-refractivity contribution in [3.8, 4) is 5.82 Å². The van der Waals surface area contributed by atoms with Crippen LogP contribution in [0, 0.1) is 12.7 Å². The predicted octanol–water partition coefficient (Wildman–Crippen LogP) is 3.66. The van der Waals surface area contributed by atoms with Crippen LogP contribution in [0.15, 0.2) is 59.7 Å². The number of fused-ring (bicyclic) bond motifs is 1. The fourth-order valence-electron chi connectivity index (χ4n) is 4.73. The van der Waals surface area contributed by atoms with Crippen LogP contribution in [0.1, 0.15) is 24.0 Å².